The van der Waals surface area contributed by atoms with E-state index >= 15 is 0 Å². The standard InChI is InChI=1S/C19H17NO3/c1-22-14-8-10-19(23-2)16(11-14)18(21)9-7-13-12-20-17-6-4-3-5-15(13)17/h3-12,20H,1-2H3/b9-7+. The van der Waals surface area contributed by atoms with Gasteiger partial charge in [0.05, 0.1) is 19.8 Å². The van der Waals surface area contributed by atoms with Gasteiger partial charge in [0.15, 0.2) is 5.78 Å². The predicted octanol–water partition coefficient (Wildman–Crippen LogP) is 4.08. The number of rotatable bonds is 5. The van der Waals surface area contributed by atoms with Gasteiger partial charge in [-0.2, -0.15) is 0 Å². The van der Waals surface area contributed by atoms with E-state index in [1.54, 1.807) is 44.6 Å². The highest BCUT2D eigenvalue weighted by Gasteiger charge is 2.11. The van der Waals surface area contributed by atoms with E-state index in [1.165, 1.54) is 0 Å². The van der Waals surface area contributed by atoms with Crippen LogP contribution in [0.1, 0.15) is 15.9 Å². The van der Waals surface area contributed by atoms with Crippen LogP contribution in [-0.2, 0) is 0 Å². The summed E-state index contributed by atoms with van der Waals surface area (Å²) in [6, 6.07) is 13.1. The van der Waals surface area contributed by atoms with E-state index in [2.05, 4.69) is 4.98 Å². The number of allylic oxidation sites excluding steroid dienone is 1. The molecule has 0 saturated carbocycles. The Morgan fingerprint density at radius 1 is 1.09 bits per heavy atom. The van der Waals surface area contributed by atoms with Crippen molar-refractivity contribution in [1.29, 1.82) is 0 Å². The highest BCUT2D eigenvalue weighted by Crippen LogP contribution is 2.25. The predicted molar refractivity (Wildman–Crippen MR) is 91.2 cm³/mol. The molecule has 1 aromatic heterocycles. The van der Waals surface area contributed by atoms with Crippen LogP contribution in [0.4, 0.5) is 0 Å². The quantitative estimate of drug-likeness (QED) is 0.571. The number of hydrogen-bond acceptors (Lipinski definition) is 3. The molecule has 1 N–H and O–H groups in total. The fourth-order valence-electron chi connectivity index (χ4n) is 2.49. The van der Waals surface area contributed by atoms with Crippen LogP contribution in [0.2, 0.25) is 0 Å². The van der Waals surface area contributed by atoms with Gasteiger partial charge < -0.3 is 14.5 Å². The van der Waals surface area contributed by atoms with Gasteiger partial charge in [-0.1, -0.05) is 18.2 Å². The summed E-state index contributed by atoms with van der Waals surface area (Å²) in [4.78, 5) is 15.7. The Morgan fingerprint density at radius 2 is 1.91 bits per heavy atom. The zero-order valence-corrected chi connectivity index (χ0v) is 13.0. The second kappa shape index (κ2) is 6.40. The number of methoxy groups -OCH3 is 2. The molecule has 4 heteroatoms. The molecule has 0 aliphatic rings. The molecule has 0 atom stereocenters. The third-order valence-electron chi connectivity index (χ3n) is 3.71. The molecule has 3 rings (SSSR count). The van der Waals surface area contributed by atoms with Crippen molar-refractivity contribution in [3.8, 4) is 11.5 Å². The third kappa shape index (κ3) is 2.97. The number of nitrogens with one attached hydrogen (secondary N) is 1. The Balaban J connectivity index is 1.92. The number of aromatic nitrogens is 1. The number of ether oxygens (including phenoxy) is 2. The van der Waals surface area contributed by atoms with Crippen molar-refractivity contribution in [3.05, 3.63) is 65.9 Å². The smallest absolute Gasteiger partial charge is 0.189 e. The maximum atomic E-state index is 12.5. The average molecular weight is 307 g/mol. The molecule has 0 aliphatic heterocycles. The lowest BCUT2D eigenvalue weighted by molar-refractivity contribution is 0.104. The summed E-state index contributed by atoms with van der Waals surface area (Å²) in [5.74, 6) is 1.01. The molecular formula is C19H17NO3. The molecule has 0 amide bonds. The Bertz CT molecular complexity index is 877. The lowest BCUT2D eigenvalue weighted by Crippen LogP contribution is -1.99. The van der Waals surface area contributed by atoms with Crippen molar-refractivity contribution in [3.63, 3.8) is 0 Å². The summed E-state index contributed by atoms with van der Waals surface area (Å²) in [6.07, 6.45) is 5.24. The lowest BCUT2D eigenvalue weighted by atomic mass is 10.1. The molecule has 0 aliphatic carbocycles. The van der Waals surface area contributed by atoms with Gasteiger partial charge in [-0.15, -0.1) is 0 Å². The lowest BCUT2D eigenvalue weighted by Gasteiger charge is -2.07. The number of carbonyl (C=O) groups excluding carboxylic acids is 1. The first-order chi connectivity index (χ1) is 11.2. The first-order valence-corrected chi connectivity index (χ1v) is 7.23. The summed E-state index contributed by atoms with van der Waals surface area (Å²) in [7, 11) is 3.11. The van der Waals surface area contributed by atoms with Crippen LogP contribution in [0.15, 0.2) is 54.7 Å². The van der Waals surface area contributed by atoms with Crippen LogP contribution in [0.5, 0.6) is 11.5 Å². The average Bonchev–Trinajstić information content (AvgIpc) is 3.02. The molecule has 2 aromatic carbocycles. The second-order valence-electron chi connectivity index (χ2n) is 5.05. The Morgan fingerprint density at radius 3 is 2.70 bits per heavy atom. The maximum absolute atomic E-state index is 12.5. The van der Waals surface area contributed by atoms with Gasteiger partial charge in [-0.3, -0.25) is 4.79 Å². The minimum Gasteiger partial charge on any atom is -0.497 e. The first-order valence-electron chi connectivity index (χ1n) is 7.23. The molecule has 0 saturated heterocycles. The summed E-state index contributed by atoms with van der Waals surface area (Å²) < 4.78 is 10.4. The largest absolute Gasteiger partial charge is 0.497 e. The molecule has 0 fully saturated rings. The molecule has 23 heavy (non-hydrogen) atoms. The number of benzene rings is 2. The molecule has 4 nitrogen and oxygen atoms in total. The zero-order valence-electron chi connectivity index (χ0n) is 13.0. The highest BCUT2D eigenvalue weighted by atomic mass is 16.5. The molecule has 0 bridgehead atoms. The van der Waals surface area contributed by atoms with Gasteiger partial charge >= 0.3 is 0 Å². The van der Waals surface area contributed by atoms with E-state index < -0.39 is 0 Å². The van der Waals surface area contributed by atoms with Gasteiger partial charge in [0.25, 0.3) is 0 Å². The molecule has 116 valence electrons. The zero-order chi connectivity index (χ0) is 16.2. The Labute approximate surface area is 134 Å². The Kier molecular flexibility index (Phi) is 4.15. The van der Waals surface area contributed by atoms with Gasteiger partial charge in [-0.25, -0.2) is 0 Å². The van der Waals surface area contributed by atoms with E-state index in [0.717, 1.165) is 16.5 Å². The van der Waals surface area contributed by atoms with Gasteiger partial charge in [0, 0.05) is 17.1 Å². The van der Waals surface area contributed by atoms with E-state index in [-0.39, 0.29) is 5.78 Å². The first kappa shape index (κ1) is 14.9. The normalized spacial score (nSPS) is 11.0. The number of aromatic amines is 1. The van der Waals surface area contributed by atoms with Gasteiger partial charge in [0.1, 0.15) is 11.5 Å². The summed E-state index contributed by atoms with van der Waals surface area (Å²) >= 11 is 0. The van der Waals surface area contributed by atoms with Crippen molar-refractivity contribution in [2.45, 2.75) is 0 Å². The number of carbonyl (C=O) groups is 1. The van der Waals surface area contributed by atoms with Crippen LogP contribution in [0.25, 0.3) is 17.0 Å². The molecule has 1 heterocycles. The Hall–Kier alpha value is -3.01. The van der Waals surface area contributed by atoms with Crippen molar-refractivity contribution in [2.75, 3.05) is 14.2 Å². The van der Waals surface area contributed by atoms with Crippen LogP contribution in [-0.4, -0.2) is 25.0 Å². The second-order valence-corrected chi connectivity index (χ2v) is 5.05. The van der Waals surface area contributed by atoms with Crippen molar-refractivity contribution in [2.24, 2.45) is 0 Å². The van der Waals surface area contributed by atoms with Crippen LogP contribution in [0.3, 0.4) is 0 Å². The topological polar surface area (TPSA) is 51.3 Å². The van der Waals surface area contributed by atoms with Crippen molar-refractivity contribution >= 4 is 22.8 Å². The summed E-state index contributed by atoms with van der Waals surface area (Å²) in [5.41, 5.74) is 2.48. The fourth-order valence-corrected chi connectivity index (χ4v) is 2.49. The molecular weight excluding hydrogens is 290 g/mol. The molecule has 0 spiro atoms. The SMILES string of the molecule is COc1ccc(OC)c(C(=O)/C=C/c2c[nH]c3ccccc23)c1. The number of hydrogen-bond donors (Lipinski definition) is 1. The van der Waals surface area contributed by atoms with Gasteiger partial charge in [-0.05, 0) is 42.0 Å². The number of H-pyrrole nitrogens is 1. The summed E-state index contributed by atoms with van der Waals surface area (Å²) in [6.45, 7) is 0. The third-order valence-corrected chi connectivity index (χ3v) is 3.71. The van der Waals surface area contributed by atoms with Crippen LogP contribution in [0, 0.1) is 0 Å². The van der Waals surface area contributed by atoms with Crippen LogP contribution < -0.4 is 9.47 Å². The maximum Gasteiger partial charge on any atom is 0.189 e. The summed E-state index contributed by atoms with van der Waals surface area (Å²) in [5, 5.41) is 1.08. The number of para-hydroxylation sites is 1. The molecule has 0 radical (unpaired) electrons. The van der Waals surface area contributed by atoms with Gasteiger partial charge in [0.2, 0.25) is 0 Å². The van der Waals surface area contributed by atoms with Crippen molar-refractivity contribution < 1.29 is 14.3 Å². The number of ketones is 1. The minimum absolute atomic E-state index is 0.133. The van der Waals surface area contributed by atoms with Crippen LogP contribution >= 0.6 is 0 Å². The van der Waals surface area contributed by atoms with E-state index in [4.69, 9.17) is 9.47 Å². The molecule has 0 unspecified atom stereocenters. The fraction of sp³-hybridized carbons (Fsp3) is 0.105. The minimum atomic E-state index is -0.133. The highest BCUT2D eigenvalue weighted by molar-refractivity contribution is 6.09. The monoisotopic (exact) mass is 307 g/mol. The van der Waals surface area contributed by atoms with E-state index in [9.17, 15) is 4.79 Å². The van der Waals surface area contributed by atoms with E-state index in [0.29, 0.717) is 17.1 Å². The van der Waals surface area contributed by atoms with E-state index in [1.807, 2.05) is 30.5 Å². The van der Waals surface area contributed by atoms with Crippen molar-refractivity contribution in [1.82, 2.24) is 4.98 Å². The molecule has 3 aromatic rings. The number of fused-ring (bicyclic) bond motifs is 1.